The third kappa shape index (κ3) is 4.29. The van der Waals surface area contributed by atoms with Crippen molar-refractivity contribution < 1.29 is 13.2 Å². The van der Waals surface area contributed by atoms with Crippen molar-refractivity contribution in [2.75, 3.05) is 5.32 Å². The molecule has 0 bridgehead atoms. The van der Waals surface area contributed by atoms with Gasteiger partial charge in [-0.15, -0.1) is 0 Å². The lowest BCUT2D eigenvalue weighted by Crippen LogP contribution is -2.26. The number of hydrazone groups is 1. The maximum absolute atomic E-state index is 12.8. The van der Waals surface area contributed by atoms with Crippen LogP contribution in [0.5, 0.6) is 0 Å². The second-order valence-corrected chi connectivity index (χ2v) is 5.11. The highest BCUT2D eigenvalue weighted by atomic mass is 32.1. The van der Waals surface area contributed by atoms with Crippen LogP contribution >= 0.6 is 12.2 Å². The van der Waals surface area contributed by atoms with Gasteiger partial charge in [0.1, 0.15) is 0 Å². The van der Waals surface area contributed by atoms with Crippen LogP contribution in [0.1, 0.15) is 25.3 Å². The molecule has 1 aromatic rings. The van der Waals surface area contributed by atoms with Crippen molar-refractivity contribution in [3.05, 3.63) is 41.5 Å². The van der Waals surface area contributed by atoms with Gasteiger partial charge in [0.05, 0.1) is 17.0 Å². The minimum atomic E-state index is -4.43. The van der Waals surface area contributed by atoms with Crippen molar-refractivity contribution in [2.24, 2.45) is 5.10 Å². The first-order valence-corrected chi connectivity index (χ1v) is 6.74. The monoisotopic (exact) mass is 313 g/mol. The van der Waals surface area contributed by atoms with Crippen LogP contribution in [0.3, 0.4) is 0 Å². The molecule has 0 heterocycles. The number of hydrogen-bond acceptors (Lipinski definition) is 2. The van der Waals surface area contributed by atoms with Gasteiger partial charge in [-0.2, -0.15) is 18.3 Å². The zero-order valence-electron chi connectivity index (χ0n) is 11.3. The van der Waals surface area contributed by atoms with Crippen LogP contribution in [0.4, 0.5) is 18.9 Å². The number of allylic oxidation sites excluding steroid dienone is 2. The van der Waals surface area contributed by atoms with Crippen LogP contribution in [-0.4, -0.2) is 10.8 Å². The van der Waals surface area contributed by atoms with Crippen molar-refractivity contribution in [2.45, 2.75) is 25.9 Å². The summed E-state index contributed by atoms with van der Waals surface area (Å²) in [6.45, 7) is 2.00. The molecule has 7 heteroatoms. The molecular formula is C14H14F3N3S. The molecule has 0 atom stereocenters. The molecule has 21 heavy (non-hydrogen) atoms. The molecule has 0 aliphatic heterocycles. The molecule has 2 N–H and O–H groups in total. The Bertz CT molecular complexity index is 606. The van der Waals surface area contributed by atoms with Crippen LogP contribution in [-0.2, 0) is 6.18 Å². The van der Waals surface area contributed by atoms with Gasteiger partial charge in [-0.3, -0.25) is 5.43 Å². The second kappa shape index (κ2) is 6.26. The molecule has 0 saturated heterocycles. The van der Waals surface area contributed by atoms with Crippen LogP contribution in [0.2, 0.25) is 0 Å². The summed E-state index contributed by atoms with van der Waals surface area (Å²) in [5, 5.41) is 6.62. The summed E-state index contributed by atoms with van der Waals surface area (Å²) < 4.78 is 38.5. The molecule has 0 radical (unpaired) electrons. The first-order valence-electron chi connectivity index (χ1n) is 6.33. The van der Waals surface area contributed by atoms with Gasteiger partial charge in [-0.05, 0) is 50.2 Å². The fraction of sp³-hybridized carbons (Fsp3) is 0.286. The number of benzene rings is 1. The third-order valence-electron chi connectivity index (χ3n) is 2.97. The lowest BCUT2D eigenvalue weighted by atomic mass is 10.2. The molecule has 1 aromatic carbocycles. The molecule has 0 spiro atoms. The molecule has 0 saturated carbocycles. The zero-order chi connectivity index (χ0) is 15.5. The number of anilines is 1. The van der Waals surface area contributed by atoms with Crippen LogP contribution in [0.15, 0.2) is 41.0 Å². The average Bonchev–Trinajstić information content (AvgIpc) is 2.82. The Hall–Kier alpha value is -1.89. The Morgan fingerprint density at radius 2 is 1.95 bits per heavy atom. The highest BCUT2D eigenvalue weighted by molar-refractivity contribution is 7.80. The lowest BCUT2D eigenvalue weighted by Gasteiger charge is -2.14. The van der Waals surface area contributed by atoms with E-state index in [4.69, 9.17) is 12.2 Å². The first kappa shape index (κ1) is 15.5. The average molecular weight is 313 g/mol. The number of hydrogen-bond donors (Lipinski definition) is 2. The standard InChI is InChI=1S/C14H14F3N3S/c1-9-6-7-10(8-9)19-20-13(21)18-12-5-3-2-4-11(12)14(15,16)17/h2-5,8H,6-7H2,1H3,(H2,18,20,21). The van der Waals surface area contributed by atoms with E-state index in [1.54, 1.807) is 0 Å². The van der Waals surface area contributed by atoms with Gasteiger partial charge >= 0.3 is 6.18 Å². The van der Waals surface area contributed by atoms with E-state index in [1.807, 2.05) is 13.0 Å². The topological polar surface area (TPSA) is 36.4 Å². The Morgan fingerprint density at radius 3 is 2.57 bits per heavy atom. The maximum atomic E-state index is 12.8. The summed E-state index contributed by atoms with van der Waals surface area (Å²) in [4.78, 5) is 0. The van der Waals surface area contributed by atoms with Crippen molar-refractivity contribution in [1.29, 1.82) is 0 Å². The SMILES string of the molecule is CC1=CC(=NNC(=S)Nc2ccccc2C(F)(F)F)CC1. The minimum Gasteiger partial charge on any atom is -0.331 e. The molecule has 1 aliphatic carbocycles. The van der Waals surface area contributed by atoms with E-state index in [-0.39, 0.29) is 10.8 Å². The normalized spacial score (nSPS) is 16.8. The molecule has 2 rings (SSSR count). The molecule has 0 unspecified atom stereocenters. The highest BCUT2D eigenvalue weighted by Gasteiger charge is 2.33. The van der Waals surface area contributed by atoms with Crippen LogP contribution < -0.4 is 10.7 Å². The number of halogens is 3. The molecule has 0 aromatic heterocycles. The number of nitrogens with one attached hydrogen (secondary N) is 2. The Kier molecular flexibility index (Phi) is 4.62. The molecule has 112 valence electrons. The van der Waals surface area contributed by atoms with E-state index in [2.05, 4.69) is 15.8 Å². The fourth-order valence-electron chi connectivity index (χ4n) is 1.95. The van der Waals surface area contributed by atoms with Gasteiger partial charge in [-0.1, -0.05) is 17.7 Å². The van der Waals surface area contributed by atoms with Gasteiger partial charge in [0.25, 0.3) is 0 Å². The Labute approximate surface area is 125 Å². The molecule has 3 nitrogen and oxygen atoms in total. The van der Waals surface area contributed by atoms with Crippen molar-refractivity contribution in [3.8, 4) is 0 Å². The van der Waals surface area contributed by atoms with Crippen molar-refractivity contribution in [3.63, 3.8) is 0 Å². The Morgan fingerprint density at radius 1 is 1.24 bits per heavy atom. The number of rotatable bonds is 2. The second-order valence-electron chi connectivity index (χ2n) is 4.70. The number of thiocarbonyl (C=S) groups is 1. The predicted molar refractivity (Wildman–Crippen MR) is 81.2 cm³/mol. The van der Waals surface area contributed by atoms with Crippen LogP contribution in [0.25, 0.3) is 0 Å². The van der Waals surface area contributed by atoms with E-state index in [0.29, 0.717) is 0 Å². The maximum Gasteiger partial charge on any atom is 0.418 e. The number of nitrogens with zero attached hydrogens (tertiary/aromatic N) is 1. The summed E-state index contributed by atoms with van der Waals surface area (Å²) in [6.07, 6.45) is -0.756. The van der Waals surface area contributed by atoms with Gasteiger partial charge in [0.15, 0.2) is 5.11 Å². The number of alkyl halides is 3. The van der Waals surface area contributed by atoms with Gasteiger partial charge < -0.3 is 5.32 Å². The van der Waals surface area contributed by atoms with Crippen molar-refractivity contribution >= 4 is 28.7 Å². The quantitative estimate of drug-likeness (QED) is 0.638. The van der Waals surface area contributed by atoms with E-state index < -0.39 is 11.7 Å². The van der Waals surface area contributed by atoms with Crippen molar-refractivity contribution in [1.82, 2.24) is 5.43 Å². The summed E-state index contributed by atoms with van der Waals surface area (Å²) in [7, 11) is 0. The lowest BCUT2D eigenvalue weighted by molar-refractivity contribution is -0.136. The smallest absolute Gasteiger partial charge is 0.331 e. The Balaban J connectivity index is 2.04. The molecule has 1 aliphatic rings. The largest absolute Gasteiger partial charge is 0.418 e. The first-order chi connectivity index (χ1) is 9.86. The number of para-hydroxylation sites is 1. The summed E-state index contributed by atoms with van der Waals surface area (Å²) >= 11 is 4.97. The third-order valence-corrected chi connectivity index (χ3v) is 3.16. The predicted octanol–water partition coefficient (Wildman–Crippen LogP) is 4.09. The summed E-state index contributed by atoms with van der Waals surface area (Å²) in [5.74, 6) is 0. The van der Waals surface area contributed by atoms with E-state index in [9.17, 15) is 13.2 Å². The van der Waals surface area contributed by atoms with Crippen LogP contribution in [0, 0.1) is 0 Å². The summed E-state index contributed by atoms with van der Waals surface area (Å²) in [5.41, 5.74) is 3.76. The van der Waals surface area contributed by atoms with Gasteiger partial charge in [0, 0.05) is 0 Å². The van der Waals surface area contributed by atoms with Gasteiger partial charge in [0.2, 0.25) is 0 Å². The zero-order valence-corrected chi connectivity index (χ0v) is 12.1. The molecule has 0 fully saturated rings. The highest BCUT2D eigenvalue weighted by Crippen LogP contribution is 2.34. The minimum absolute atomic E-state index is 0.0251. The molecular weight excluding hydrogens is 299 g/mol. The van der Waals surface area contributed by atoms with E-state index >= 15 is 0 Å². The fourth-order valence-corrected chi connectivity index (χ4v) is 2.11. The summed E-state index contributed by atoms with van der Waals surface area (Å²) in [6, 6.07) is 5.16. The van der Waals surface area contributed by atoms with Gasteiger partial charge in [-0.25, -0.2) is 0 Å². The van der Waals surface area contributed by atoms with E-state index in [1.165, 1.54) is 23.8 Å². The van der Waals surface area contributed by atoms with E-state index in [0.717, 1.165) is 24.6 Å². The molecule has 0 amide bonds.